The summed E-state index contributed by atoms with van der Waals surface area (Å²) >= 11 is 5.27. The SMILES string of the molecule is CC1CCc2c(CCNC(=O)Nc3ccc(Br)cc3)csc2C1. The summed E-state index contributed by atoms with van der Waals surface area (Å²) in [5.41, 5.74) is 3.76. The minimum Gasteiger partial charge on any atom is -0.338 e. The molecule has 1 aromatic heterocycles. The molecule has 3 rings (SSSR count). The summed E-state index contributed by atoms with van der Waals surface area (Å²) < 4.78 is 1.00. The van der Waals surface area contributed by atoms with Crippen molar-refractivity contribution in [3.63, 3.8) is 0 Å². The van der Waals surface area contributed by atoms with Crippen LogP contribution in [-0.4, -0.2) is 12.6 Å². The van der Waals surface area contributed by atoms with E-state index in [4.69, 9.17) is 0 Å². The number of thiophene rings is 1. The number of urea groups is 1. The van der Waals surface area contributed by atoms with E-state index in [0.717, 1.165) is 22.5 Å². The maximum absolute atomic E-state index is 11.9. The van der Waals surface area contributed by atoms with Crippen LogP contribution in [0.2, 0.25) is 0 Å². The minimum absolute atomic E-state index is 0.148. The van der Waals surface area contributed by atoms with Gasteiger partial charge in [0.2, 0.25) is 0 Å². The summed E-state index contributed by atoms with van der Waals surface area (Å²) in [6.07, 6.45) is 4.61. The van der Waals surface area contributed by atoms with E-state index >= 15 is 0 Å². The van der Waals surface area contributed by atoms with Gasteiger partial charge in [0.05, 0.1) is 0 Å². The number of benzene rings is 1. The van der Waals surface area contributed by atoms with Crippen LogP contribution in [0.15, 0.2) is 34.1 Å². The summed E-state index contributed by atoms with van der Waals surface area (Å²) in [6, 6.07) is 7.42. The Morgan fingerprint density at radius 2 is 2.13 bits per heavy atom. The summed E-state index contributed by atoms with van der Waals surface area (Å²) in [6.45, 7) is 3.00. The standard InChI is InChI=1S/C18H21BrN2OS/c1-12-2-7-16-13(11-23-17(16)10-12)8-9-20-18(22)21-15-5-3-14(19)4-6-15/h3-6,11-12H,2,7-10H2,1H3,(H2,20,21,22). The number of carbonyl (C=O) groups excluding carboxylic acids is 1. The van der Waals surface area contributed by atoms with Crippen LogP contribution in [0.4, 0.5) is 10.5 Å². The molecule has 23 heavy (non-hydrogen) atoms. The maximum Gasteiger partial charge on any atom is 0.319 e. The fraction of sp³-hybridized carbons (Fsp3) is 0.389. The predicted molar refractivity (Wildman–Crippen MR) is 100 cm³/mol. The van der Waals surface area contributed by atoms with Crippen LogP contribution < -0.4 is 10.6 Å². The van der Waals surface area contributed by atoms with E-state index < -0.39 is 0 Å². The van der Waals surface area contributed by atoms with Crippen LogP contribution in [0.25, 0.3) is 0 Å². The van der Waals surface area contributed by atoms with E-state index in [1.165, 1.54) is 24.8 Å². The molecule has 2 aromatic rings. The van der Waals surface area contributed by atoms with Gasteiger partial charge in [0.1, 0.15) is 0 Å². The second-order valence-electron chi connectivity index (χ2n) is 6.15. The van der Waals surface area contributed by atoms with Crippen LogP contribution >= 0.6 is 27.3 Å². The van der Waals surface area contributed by atoms with Gasteiger partial charge in [-0.25, -0.2) is 4.79 Å². The molecule has 1 atom stereocenters. The number of amides is 2. The molecule has 1 aromatic carbocycles. The molecular weight excluding hydrogens is 372 g/mol. The van der Waals surface area contributed by atoms with Gasteiger partial charge in [-0.2, -0.15) is 0 Å². The first kappa shape index (κ1) is 16.5. The van der Waals surface area contributed by atoms with Gasteiger partial charge in [-0.1, -0.05) is 22.9 Å². The fourth-order valence-corrected chi connectivity index (χ4v) is 4.54. The van der Waals surface area contributed by atoms with Gasteiger partial charge in [0, 0.05) is 21.6 Å². The van der Waals surface area contributed by atoms with E-state index in [0.29, 0.717) is 6.54 Å². The highest BCUT2D eigenvalue weighted by molar-refractivity contribution is 9.10. The molecule has 0 aliphatic heterocycles. The molecule has 0 bridgehead atoms. The Balaban J connectivity index is 1.48. The minimum atomic E-state index is -0.148. The van der Waals surface area contributed by atoms with Crippen LogP contribution in [0.5, 0.6) is 0 Å². The van der Waals surface area contributed by atoms with Crippen molar-refractivity contribution in [1.29, 1.82) is 0 Å². The molecule has 0 spiro atoms. The quantitative estimate of drug-likeness (QED) is 0.754. The van der Waals surface area contributed by atoms with Crippen molar-refractivity contribution in [1.82, 2.24) is 5.32 Å². The summed E-state index contributed by atoms with van der Waals surface area (Å²) in [5.74, 6) is 0.809. The first-order valence-corrected chi connectivity index (χ1v) is 9.67. The molecule has 0 fully saturated rings. The molecule has 3 nitrogen and oxygen atoms in total. The van der Waals surface area contributed by atoms with Crippen molar-refractivity contribution in [2.24, 2.45) is 5.92 Å². The van der Waals surface area contributed by atoms with Gasteiger partial charge < -0.3 is 10.6 Å². The average Bonchev–Trinajstić information content (AvgIpc) is 2.92. The van der Waals surface area contributed by atoms with Crippen LogP contribution in [0.1, 0.15) is 29.3 Å². The highest BCUT2D eigenvalue weighted by atomic mass is 79.9. The zero-order valence-corrected chi connectivity index (χ0v) is 15.6. The number of anilines is 1. The van der Waals surface area contributed by atoms with Crippen molar-refractivity contribution in [3.05, 3.63) is 50.1 Å². The normalized spacial score (nSPS) is 16.7. The van der Waals surface area contributed by atoms with Crippen molar-refractivity contribution >= 4 is 39.0 Å². The largest absolute Gasteiger partial charge is 0.338 e. The second-order valence-corrected chi connectivity index (χ2v) is 8.03. The molecule has 1 aliphatic carbocycles. The molecule has 1 heterocycles. The Hall–Kier alpha value is -1.33. The second kappa shape index (κ2) is 7.49. The van der Waals surface area contributed by atoms with Crippen molar-refractivity contribution in [2.45, 2.75) is 32.6 Å². The number of fused-ring (bicyclic) bond motifs is 1. The van der Waals surface area contributed by atoms with E-state index in [1.807, 2.05) is 35.6 Å². The Kier molecular flexibility index (Phi) is 5.38. The van der Waals surface area contributed by atoms with E-state index in [9.17, 15) is 4.79 Å². The Morgan fingerprint density at radius 1 is 1.35 bits per heavy atom. The monoisotopic (exact) mass is 392 g/mol. The van der Waals surface area contributed by atoms with Gasteiger partial charge in [-0.05, 0) is 72.4 Å². The summed E-state index contributed by atoms with van der Waals surface area (Å²) in [4.78, 5) is 13.5. The topological polar surface area (TPSA) is 41.1 Å². The first-order chi connectivity index (χ1) is 11.1. The van der Waals surface area contributed by atoms with Crippen LogP contribution in [0, 0.1) is 5.92 Å². The molecule has 5 heteroatoms. The Morgan fingerprint density at radius 3 is 2.91 bits per heavy atom. The van der Waals surface area contributed by atoms with Crippen molar-refractivity contribution in [2.75, 3.05) is 11.9 Å². The number of hydrogen-bond donors (Lipinski definition) is 2. The Bertz CT molecular complexity index is 681. The van der Waals surface area contributed by atoms with E-state index in [1.54, 1.807) is 10.4 Å². The smallest absolute Gasteiger partial charge is 0.319 e. The highest BCUT2D eigenvalue weighted by Gasteiger charge is 2.19. The third-order valence-electron chi connectivity index (χ3n) is 4.27. The average molecular weight is 393 g/mol. The van der Waals surface area contributed by atoms with Gasteiger partial charge in [-0.3, -0.25) is 0 Å². The van der Waals surface area contributed by atoms with Crippen molar-refractivity contribution < 1.29 is 4.79 Å². The molecule has 0 saturated heterocycles. The summed E-state index contributed by atoms with van der Waals surface area (Å²) in [5, 5.41) is 8.07. The van der Waals surface area contributed by atoms with Gasteiger partial charge in [-0.15, -0.1) is 11.3 Å². The lowest BCUT2D eigenvalue weighted by Crippen LogP contribution is -2.30. The molecule has 1 unspecified atom stereocenters. The zero-order chi connectivity index (χ0) is 16.2. The Labute approximate surface area is 149 Å². The zero-order valence-electron chi connectivity index (χ0n) is 13.2. The number of carbonyl (C=O) groups is 1. The van der Waals surface area contributed by atoms with Gasteiger partial charge in [0.25, 0.3) is 0 Å². The molecule has 1 aliphatic rings. The first-order valence-electron chi connectivity index (χ1n) is 8.00. The lowest BCUT2D eigenvalue weighted by Gasteiger charge is -2.19. The van der Waals surface area contributed by atoms with E-state index in [-0.39, 0.29) is 6.03 Å². The number of nitrogens with one attached hydrogen (secondary N) is 2. The molecule has 2 amide bonds. The number of halogens is 1. The molecule has 2 N–H and O–H groups in total. The third-order valence-corrected chi connectivity index (χ3v) is 5.90. The van der Waals surface area contributed by atoms with Crippen LogP contribution in [0.3, 0.4) is 0 Å². The highest BCUT2D eigenvalue weighted by Crippen LogP contribution is 2.32. The van der Waals surface area contributed by atoms with Gasteiger partial charge >= 0.3 is 6.03 Å². The molecule has 122 valence electrons. The number of hydrogen-bond acceptors (Lipinski definition) is 2. The fourth-order valence-electron chi connectivity index (χ4n) is 2.97. The van der Waals surface area contributed by atoms with E-state index in [2.05, 4.69) is 38.9 Å². The lowest BCUT2D eigenvalue weighted by molar-refractivity contribution is 0.252. The summed E-state index contributed by atoms with van der Waals surface area (Å²) in [7, 11) is 0. The predicted octanol–water partition coefficient (Wildman–Crippen LogP) is 5.00. The van der Waals surface area contributed by atoms with Gasteiger partial charge in [0.15, 0.2) is 0 Å². The molecule has 0 saturated carbocycles. The van der Waals surface area contributed by atoms with Crippen LogP contribution in [-0.2, 0) is 19.3 Å². The molecule has 0 radical (unpaired) electrons. The third kappa shape index (κ3) is 4.36. The number of rotatable bonds is 4. The van der Waals surface area contributed by atoms with Crippen molar-refractivity contribution in [3.8, 4) is 0 Å². The lowest BCUT2D eigenvalue weighted by atomic mass is 9.88. The molecular formula is C18H21BrN2OS. The maximum atomic E-state index is 11.9.